The highest BCUT2D eigenvalue weighted by molar-refractivity contribution is 6.06. The fourth-order valence-electron chi connectivity index (χ4n) is 2.70. The Kier molecular flexibility index (Phi) is 4.54. The van der Waals surface area contributed by atoms with Gasteiger partial charge in [-0.05, 0) is 50.0 Å². The van der Waals surface area contributed by atoms with Crippen LogP contribution in [0.2, 0.25) is 0 Å². The minimum Gasteiger partial charge on any atom is -0.366 e. The van der Waals surface area contributed by atoms with E-state index in [0.717, 1.165) is 11.1 Å². The number of hydrogen-bond acceptors (Lipinski definition) is 3. The molecule has 2 aromatic heterocycles. The van der Waals surface area contributed by atoms with Gasteiger partial charge < -0.3 is 20.4 Å². The molecule has 0 saturated carbocycles. The van der Waals surface area contributed by atoms with E-state index in [2.05, 4.69) is 5.32 Å². The zero-order valence-corrected chi connectivity index (χ0v) is 14.2. The Hall–Kier alpha value is -3.12. The van der Waals surface area contributed by atoms with Crippen LogP contribution in [-0.4, -0.2) is 35.2 Å². The summed E-state index contributed by atoms with van der Waals surface area (Å²) in [5.74, 6) is -0.758. The van der Waals surface area contributed by atoms with Crippen LogP contribution in [0.3, 0.4) is 0 Å². The van der Waals surface area contributed by atoms with E-state index in [1.807, 2.05) is 59.9 Å². The van der Waals surface area contributed by atoms with Gasteiger partial charge in [-0.25, -0.2) is 0 Å². The summed E-state index contributed by atoms with van der Waals surface area (Å²) in [4.78, 5) is 26.1. The molecule has 2 amide bonds. The number of primary amides is 1. The average Bonchev–Trinajstić information content (AvgIpc) is 3.00. The predicted octanol–water partition coefficient (Wildman–Crippen LogP) is 2.35. The molecule has 0 bridgehead atoms. The number of rotatable bonds is 5. The Bertz CT molecular complexity index is 911. The van der Waals surface area contributed by atoms with Crippen molar-refractivity contribution < 1.29 is 9.59 Å². The van der Waals surface area contributed by atoms with Gasteiger partial charge in [0.25, 0.3) is 5.91 Å². The summed E-state index contributed by atoms with van der Waals surface area (Å²) in [5.41, 5.74) is 8.70. The molecule has 3 aromatic rings. The maximum Gasteiger partial charge on any atom is 0.257 e. The van der Waals surface area contributed by atoms with Crippen molar-refractivity contribution in [3.8, 4) is 0 Å². The molecule has 0 atom stereocenters. The fraction of sp³-hybridized carbons (Fsp3) is 0.158. The number of nitrogens with two attached hydrogens (primary N) is 1. The van der Waals surface area contributed by atoms with E-state index >= 15 is 0 Å². The van der Waals surface area contributed by atoms with Gasteiger partial charge in [0, 0.05) is 35.7 Å². The van der Waals surface area contributed by atoms with Crippen LogP contribution in [0.1, 0.15) is 26.3 Å². The first-order chi connectivity index (χ1) is 11.9. The molecule has 6 heteroatoms. The summed E-state index contributed by atoms with van der Waals surface area (Å²) in [6, 6.07) is 12.7. The van der Waals surface area contributed by atoms with Gasteiger partial charge in [0.2, 0.25) is 5.91 Å². The number of pyridine rings is 1. The van der Waals surface area contributed by atoms with Gasteiger partial charge in [-0.1, -0.05) is 12.1 Å². The smallest absolute Gasteiger partial charge is 0.257 e. The van der Waals surface area contributed by atoms with E-state index in [1.165, 1.54) is 0 Å². The van der Waals surface area contributed by atoms with Gasteiger partial charge in [-0.2, -0.15) is 0 Å². The van der Waals surface area contributed by atoms with E-state index < -0.39 is 5.91 Å². The van der Waals surface area contributed by atoms with Gasteiger partial charge in [-0.15, -0.1) is 0 Å². The monoisotopic (exact) mass is 336 g/mol. The van der Waals surface area contributed by atoms with Gasteiger partial charge in [0.05, 0.1) is 5.56 Å². The minimum absolute atomic E-state index is 0.231. The molecule has 2 heterocycles. The largest absolute Gasteiger partial charge is 0.366 e. The molecule has 0 fully saturated rings. The second-order valence-electron chi connectivity index (χ2n) is 6.19. The van der Waals surface area contributed by atoms with Crippen LogP contribution in [0.15, 0.2) is 54.9 Å². The number of anilines is 1. The number of carbonyl (C=O) groups is 2. The Morgan fingerprint density at radius 3 is 2.60 bits per heavy atom. The van der Waals surface area contributed by atoms with Crippen LogP contribution in [0.25, 0.3) is 5.52 Å². The van der Waals surface area contributed by atoms with Crippen LogP contribution < -0.4 is 11.1 Å². The van der Waals surface area contributed by atoms with Crippen LogP contribution >= 0.6 is 0 Å². The van der Waals surface area contributed by atoms with E-state index in [1.54, 1.807) is 18.3 Å². The molecule has 25 heavy (non-hydrogen) atoms. The number of hydrogen-bond donors (Lipinski definition) is 2. The SMILES string of the molecule is CN(C)Cc1ccc(C(N)=O)cc1NC(=O)c1cc2ccccn2c1. The average molecular weight is 336 g/mol. The van der Waals surface area contributed by atoms with Crippen molar-refractivity contribution in [3.05, 3.63) is 71.5 Å². The molecular formula is C19H20N4O2. The highest BCUT2D eigenvalue weighted by Gasteiger charge is 2.14. The number of fused-ring (bicyclic) bond motifs is 1. The predicted molar refractivity (Wildman–Crippen MR) is 97.7 cm³/mol. The van der Waals surface area contributed by atoms with Crippen LogP contribution in [-0.2, 0) is 6.54 Å². The molecule has 0 aliphatic carbocycles. The molecule has 6 nitrogen and oxygen atoms in total. The van der Waals surface area contributed by atoms with Crippen LogP contribution in [0, 0.1) is 0 Å². The van der Waals surface area contributed by atoms with Crippen molar-refractivity contribution in [1.82, 2.24) is 9.30 Å². The lowest BCUT2D eigenvalue weighted by Gasteiger charge is -2.15. The molecule has 128 valence electrons. The topological polar surface area (TPSA) is 79.8 Å². The normalized spacial score (nSPS) is 11.0. The number of aromatic nitrogens is 1. The molecule has 3 N–H and O–H groups in total. The summed E-state index contributed by atoms with van der Waals surface area (Å²) in [7, 11) is 3.88. The van der Waals surface area contributed by atoms with Crippen molar-refractivity contribution >= 4 is 23.0 Å². The molecule has 1 aromatic carbocycles. The number of nitrogens with zero attached hydrogens (tertiary/aromatic N) is 2. The Balaban J connectivity index is 1.92. The van der Waals surface area contributed by atoms with Gasteiger partial charge in [0.1, 0.15) is 0 Å². The fourth-order valence-corrected chi connectivity index (χ4v) is 2.70. The first-order valence-electron chi connectivity index (χ1n) is 7.89. The van der Waals surface area contributed by atoms with Crippen LogP contribution in [0.4, 0.5) is 5.69 Å². The van der Waals surface area contributed by atoms with Gasteiger partial charge >= 0.3 is 0 Å². The highest BCUT2D eigenvalue weighted by Crippen LogP contribution is 2.21. The maximum atomic E-state index is 12.6. The lowest BCUT2D eigenvalue weighted by atomic mass is 10.1. The Labute approximate surface area is 145 Å². The van der Waals surface area contributed by atoms with E-state index in [4.69, 9.17) is 5.73 Å². The number of amides is 2. The van der Waals surface area contributed by atoms with Gasteiger partial charge in [-0.3, -0.25) is 9.59 Å². The quantitative estimate of drug-likeness (QED) is 0.750. The summed E-state index contributed by atoms with van der Waals surface area (Å²) in [6.45, 7) is 0.631. The molecule has 0 saturated heterocycles. The number of benzene rings is 1. The molecule has 0 spiro atoms. The molecular weight excluding hydrogens is 316 g/mol. The summed E-state index contributed by atoms with van der Waals surface area (Å²) >= 11 is 0. The third kappa shape index (κ3) is 3.70. The van der Waals surface area contributed by atoms with Crippen molar-refractivity contribution in [2.45, 2.75) is 6.54 Å². The number of nitrogens with one attached hydrogen (secondary N) is 1. The second-order valence-corrected chi connectivity index (χ2v) is 6.19. The third-order valence-corrected chi connectivity index (χ3v) is 3.90. The first kappa shape index (κ1) is 16.7. The molecule has 0 unspecified atom stereocenters. The Morgan fingerprint density at radius 2 is 1.92 bits per heavy atom. The van der Waals surface area contributed by atoms with Crippen molar-refractivity contribution in [2.75, 3.05) is 19.4 Å². The minimum atomic E-state index is -0.526. The standard InChI is InChI=1S/C19H20N4O2/c1-22(2)11-14-7-6-13(18(20)24)10-17(14)21-19(25)15-9-16-5-3-4-8-23(16)12-15/h3-10,12H,11H2,1-2H3,(H2,20,24)(H,21,25). The maximum absolute atomic E-state index is 12.6. The van der Waals surface area contributed by atoms with Crippen molar-refractivity contribution in [3.63, 3.8) is 0 Å². The summed E-state index contributed by atoms with van der Waals surface area (Å²) in [6.07, 6.45) is 3.66. The lowest BCUT2D eigenvalue weighted by molar-refractivity contribution is 0.0996. The second kappa shape index (κ2) is 6.78. The van der Waals surface area contributed by atoms with Gasteiger partial charge in [0.15, 0.2) is 0 Å². The zero-order chi connectivity index (χ0) is 18.0. The first-order valence-corrected chi connectivity index (χ1v) is 7.89. The summed E-state index contributed by atoms with van der Waals surface area (Å²) in [5, 5.41) is 2.90. The molecule has 0 aliphatic rings. The lowest BCUT2D eigenvalue weighted by Crippen LogP contribution is -2.18. The molecule has 0 aliphatic heterocycles. The summed E-state index contributed by atoms with van der Waals surface area (Å²) < 4.78 is 1.88. The zero-order valence-electron chi connectivity index (χ0n) is 14.2. The van der Waals surface area contributed by atoms with Crippen molar-refractivity contribution in [2.24, 2.45) is 5.73 Å². The number of carbonyl (C=O) groups excluding carboxylic acids is 2. The molecule has 3 rings (SSSR count). The Morgan fingerprint density at radius 1 is 1.12 bits per heavy atom. The van der Waals surface area contributed by atoms with E-state index in [-0.39, 0.29) is 5.91 Å². The third-order valence-electron chi connectivity index (χ3n) is 3.90. The van der Waals surface area contributed by atoms with Crippen LogP contribution in [0.5, 0.6) is 0 Å². The van der Waals surface area contributed by atoms with E-state index in [0.29, 0.717) is 23.4 Å². The van der Waals surface area contributed by atoms with Crippen molar-refractivity contribution in [1.29, 1.82) is 0 Å². The molecule has 0 radical (unpaired) electrons. The van der Waals surface area contributed by atoms with E-state index in [9.17, 15) is 9.59 Å². The highest BCUT2D eigenvalue weighted by atomic mass is 16.2.